The van der Waals surface area contributed by atoms with Crippen LogP contribution in [0, 0.1) is 0 Å². The molecule has 0 saturated heterocycles. The van der Waals surface area contributed by atoms with Gasteiger partial charge in [0.05, 0.1) is 11.3 Å². The van der Waals surface area contributed by atoms with E-state index in [1.165, 1.54) is 30.3 Å². The van der Waals surface area contributed by atoms with Gasteiger partial charge in [0.2, 0.25) is 0 Å². The molecule has 4 nitrogen and oxygen atoms in total. The van der Waals surface area contributed by atoms with Crippen molar-refractivity contribution in [3.8, 4) is 5.75 Å². The first-order valence-electron chi connectivity index (χ1n) is 9.77. The van der Waals surface area contributed by atoms with Crippen LogP contribution in [0.1, 0.15) is 11.1 Å². The molecule has 34 heavy (non-hydrogen) atoms. The molecule has 0 aliphatic carbocycles. The second kappa shape index (κ2) is 9.70. The van der Waals surface area contributed by atoms with Gasteiger partial charge in [-0.2, -0.15) is 23.3 Å². The summed E-state index contributed by atoms with van der Waals surface area (Å²) >= 11 is 18.2. The zero-order valence-electron chi connectivity index (χ0n) is 17.1. The van der Waals surface area contributed by atoms with Crippen LogP contribution in [0.15, 0.2) is 77.4 Å². The van der Waals surface area contributed by atoms with Gasteiger partial charge in [0, 0.05) is 26.2 Å². The standard InChI is InChI=1S/C24H14Cl3F3N2O2/c25-16-8-9-21(34-13-14-6-7-17(26)12-20(14)27)15(10-16)11-19-22(24(28,29)30)31-32(23(19)33)18-4-2-1-3-5-18/h1-12H,13H2/b19-11-. The largest absolute Gasteiger partial charge is 0.488 e. The highest BCUT2D eigenvalue weighted by Gasteiger charge is 2.46. The predicted molar refractivity (Wildman–Crippen MR) is 128 cm³/mol. The van der Waals surface area contributed by atoms with Crippen molar-refractivity contribution in [2.24, 2.45) is 5.10 Å². The Morgan fingerprint density at radius 1 is 0.941 bits per heavy atom. The van der Waals surface area contributed by atoms with Crippen molar-refractivity contribution in [3.63, 3.8) is 0 Å². The fourth-order valence-corrected chi connectivity index (χ4v) is 3.86. The molecule has 0 N–H and O–H groups in total. The number of benzene rings is 3. The van der Waals surface area contributed by atoms with Gasteiger partial charge < -0.3 is 4.74 Å². The summed E-state index contributed by atoms with van der Waals surface area (Å²) in [5.74, 6) is -0.722. The average molecular weight is 526 g/mol. The second-order valence-electron chi connectivity index (χ2n) is 7.16. The maximum absolute atomic E-state index is 13.8. The van der Waals surface area contributed by atoms with Crippen LogP contribution in [0.5, 0.6) is 5.75 Å². The van der Waals surface area contributed by atoms with E-state index in [9.17, 15) is 18.0 Å². The molecular weight excluding hydrogens is 512 g/mol. The zero-order valence-corrected chi connectivity index (χ0v) is 19.4. The topological polar surface area (TPSA) is 41.9 Å². The van der Waals surface area contributed by atoms with Crippen LogP contribution >= 0.6 is 34.8 Å². The molecule has 10 heteroatoms. The minimum absolute atomic E-state index is 0.0120. The number of para-hydroxylation sites is 1. The molecule has 0 aromatic heterocycles. The molecule has 0 bridgehead atoms. The van der Waals surface area contributed by atoms with Crippen molar-refractivity contribution in [3.05, 3.63) is 98.5 Å². The van der Waals surface area contributed by atoms with Gasteiger partial charge in [-0.3, -0.25) is 4.79 Å². The van der Waals surface area contributed by atoms with Gasteiger partial charge >= 0.3 is 6.18 Å². The third-order valence-corrected chi connectivity index (χ3v) is 5.64. The summed E-state index contributed by atoms with van der Waals surface area (Å²) in [5, 5.41) is 5.35. The number of hydrogen-bond acceptors (Lipinski definition) is 3. The molecule has 1 amide bonds. The van der Waals surface area contributed by atoms with Crippen molar-refractivity contribution >= 4 is 58.2 Å². The van der Waals surface area contributed by atoms with Gasteiger partial charge in [0.15, 0.2) is 5.71 Å². The normalized spacial score (nSPS) is 15.1. The third kappa shape index (κ3) is 5.22. The number of rotatable bonds is 5. The van der Waals surface area contributed by atoms with Gasteiger partial charge in [0.1, 0.15) is 12.4 Å². The lowest BCUT2D eigenvalue weighted by atomic mass is 10.0. The Morgan fingerprint density at radius 3 is 2.29 bits per heavy atom. The third-order valence-electron chi connectivity index (χ3n) is 4.82. The van der Waals surface area contributed by atoms with E-state index >= 15 is 0 Å². The molecule has 174 valence electrons. The van der Waals surface area contributed by atoms with Crippen molar-refractivity contribution in [1.29, 1.82) is 0 Å². The van der Waals surface area contributed by atoms with E-state index in [2.05, 4.69) is 5.10 Å². The van der Waals surface area contributed by atoms with E-state index in [1.54, 1.807) is 36.4 Å². The molecule has 0 fully saturated rings. The van der Waals surface area contributed by atoms with Crippen LogP contribution in [-0.4, -0.2) is 17.8 Å². The fraction of sp³-hybridized carbons (Fsp3) is 0.0833. The van der Waals surface area contributed by atoms with E-state index in [1.807, 2.05) is 0 Å². The quantitative estimate of drug-likeness (QED) is 0.322. The Hall–Kier alpha value is -3.00. The summed E-state index contributed by atoms with van der Waals surface area (Å²) in [6, 6.07) is 17.1. The first kappa shape index (κ1) is 24.1. The van der Waals surface area contributed by atoms with E-state index < -0.39 is 23.4 Å². The smallest absolute Gasteiger partial charge is 0.435 e. The van der Waals surface area contributed by atoms with Crippen molar-refractivity contribution in [2.45, 2.75) is 12.8 Å². The minimum atomic E-state index is -4.86. The molecular formula is C24H14Cl3F3N2O2. The van der Waals surface area contributed by atoms with Crippen LogP contribution in [0.2, 0.25) is 15.1 Å². The van der Waals surface area contributed by atoms with Gasteiger partial charge in [0.25, 0.3) is 5.91 Å². The lowest BCUT2D eigenvalue weighted by Gasteiger charge is -2.13. The van der Waals surface area contributed by atoms with Crippen LogP contribution < -0.4 is 9.75 Å². The van der Waals surface area contributed by atoms with E-state index in [0.717, 1.165) is 6.08 Å². The molecule has 3 aromatic carbocycles. The van der Waals surface area contributed by atoms with E-state index in [-0.39, 0.29) is 28.6 Å². The van der Waals surface area contributed by atoms with Crippen LogP contribution in [0.3, 0.4) is 0 Å². The number of amides is 1. The number of ether oxygens (including phenoxy) is 1. The number of anilines is 1. The Labute approximate surface area is 207 Å². The number of carbonyl (C=O) groups is 1. The maximum atomic E-state index is 13.8. The Morgan fingerprint density at radius 2 is 1.62 bits per heavy atom. The minimum Gasteiger partial charge on any atom is -0.488 e. The number of halogens is 6. The number of nitrogens with zero attached hydrogens (tertiary/aromatic N) is 2. The van der Waals surface area contributed by atoms with Gasteiger partial charge in [-0.1, -0.05) is 59.1 Å². The summed E-state index contributed by atoms with van der Waals surface area (Å²) in [4.78, 5) is 13.0. The maximum Gasteiger partial charge on any atom is 0.435 e. The van der Waals surface area contributed by atoms with Crippen LogP contribution in [0.4, 0.5) is 18.9 Å². The molecule has 4 rings (SSSR count). The molecule has 0 radical (unpaired) electrons. The summed E-state index contributed by atoms with van der Waals surface area (Å²) in [7, 11) is 0. The molecule has 0 spiro atoms. The fourth-order valence-electron chi connectivity index (χ4n) is 3.21. The van der Waals surface area contributed by atoms with Crippen molar-refractivity contribution in [2.75, 3.05) is 5.01 Å². The lowest BCUT2D eigenvalue weighted by Crippen LogP contribution is -2.25. The van der Waals surface area contributed by atoms with Crippen molar-refractivity contribution < 1.29 is 22.7 Å². The van der Waals surface area contributed by atoms with Gasteiger partial charge in [-0.25, -0.2) is 0 Å². The Balaban J connectivity index is 1.71. The van der Waals surface area contributed by atoms with Crippen LogP contribution in [0.25, 0.3) is 6.08 Å². The Kier molecular flexibility index (Phi) is 6.89. The average Bonchev–Trinajstić information content (AvgIpc) is 3.11. The molecule has 0 saturated carbocycles. The first-order valence-corrected chi connectivity index (χ1v) is 10.9. The van der Waals surface area contributed by atoms with E-state index in [0.29, 0.717) is 20.6 Å². The number of alkyl halides is 3. The highest BCUT2D eigenvalue weighted by Crippen LogP contribution is 2.35. The zero-order chi connectivity index (χ0) is 24.5. The van der Waals surface area contributed by atoms with Crippen LogP contribution in [-0.2, 0) is 11.4 Å². The highest BCUT2D eigenvalue weighted by atomic mass is 35.5. The SMILES string of the molecule is O=C1/C(=C\c2cc(Cl)ccc2OCc2ccc(Cl)cc2Cl)C(C(F)(F)F)=NN1c1ccccc1. The molecule has 1 aliphatic heterocycles. The van der Waals surface area contributed by atoms with Gasteiger partial charge in [-0.15, -0.1) is 0 Å². The van der Waals surface area contributed by atoms with Crippen molar-refractivity contribution in [1.82, 2.24) is 0 Å². The number of hydrogen-bond donors (Lipinski definition) is 0. The lowest BCUT2D eigenvalue weighted by molar-refractivity contribution is -0.114. The van der Waals surface area contributed by atoms with Gasteiger partial charge in [-0.05, 0) is 48.5 Å². The molecule has 0 atom stereocenters. The molecule has 1 heterocycles. The number of carbonyl (C=O) groups excluding carboxylic acids is 1. The Bertz CT molecular complexity index is 1310. The predicted octanol–water partition coefficient (Wildman–Crippen LogP) is 7.57. The number of hydrazone groups is 1. The van der Waals surface area contributed by atoms with E-state index in [4.69, 9.17) is 39.5 Å². The monoisotopic (exact) mass is 524 g/mol. The molecule has 0 unspecified atom stereocenters. The molecule has 1 aliphatic rings. The highest BCUT2D eigenvalue weighted by molar-refractivity contribution is 6.35. The summed E-state index contributed by atoms with van der Waals surface area (Å²) < 4.78 is 47.1. The summed E-state index contributed by atoms with van der Waals surface area (Å²) in [5.41, 5.74) is -0.948. The summed E-state index contributed by atoms with van der Waals surface area (Å²) in [6.07, 6.45) is -3.79. The first-order chi connectivity index (χ1) is 16.1. The summed E-state index contributed by atoms with van der Waals surface area (Å²) in [6.45, 7) is 0.0120. The molecule has 3 aromatic rings. The second-order valence-corrected chi connectivity index (χ2v) is 8.44.